The SMILES string of the molecule is O=C(CN1C(=O)CNC1=O)N[C@@H]1CC(=O)N(c2ccc(F)cc2)C1. The molecule has 2 saturated heterocycles. The lowest BCUT2D eigenvalue weighted by atomic mass is 10.2. The summed E-state index contributed by atoms with van der Waals surface area (Å²) in [6, 6.07) is 4.45. The quantitative estimate of drug-likeness (QED) is 0.732. The van der Waals surface area contributed by atoms with E-state index in [2.05, 4.69) is 10.6 Å². The third-order valence-corrected chi connectivity index (χ3v) is 3.87. The van der Waals surface area contributed by atoms with Crippen molar-refractivity contribution in [2.24, 2.45) is 0 Å². The molecule has 0 saturated carbocycles. The number of anilines is 1. The van der Waals surface area contributed by atoms with E-state index in [0.29, 0.717) is 5.69 Å². The first kappa shape index (κ1) is 15.9. The summed E-state index contributed by atoms with van der Waals surface area (Å²) >= 11 is 0. The van der Waals surface area contributed by atoms with Crippen molar-refractivity contribution in [2.45, 2.75) is 12.5 Å². The molecule has 0 radical (unpaired) electrons. The van der Waals surface area contributed by atoms with E-state index in [4.69, 9.17) is 0 Å². The van der Waals surface area contributed by atoms with Crippen molar-refractivity contribution in [3.05, 3.63) is 30.1 Å². The predicted molar refractivity (Wildman–Crippen MR) is 80.4 cm³/mol. The van der Waals surface area contributed by atoms with Crippen LogP contribution in [-0.2, 0) is 14.4 Å². The zero-order valence-electron chi connectivity index (χ0n) is 12.6. The van der Waals surface area contributed by atoms with Gasteiger partial charge in [0.2, 0.25) is 11.8 Å². The number of carbonyl (C=O) groups is 4. The second kappa shape index (κ2) is 6.26. The summed E-state index contributed by atoms with van der Waals surface area (Å²) in [5.74, 6) is -1.57. The lowest BCUT2D eigenvalue weighted by molar-refractivity contribution is -0.131. The van der Waals surface area contributed by atoms with Gasteiger partial charge in [0.25, 0.3) is 5.91 Å². The van der Waals surface area contributed by atoms with Crippen molar-refractivity contribution >= 4 is 29.4 Å². The summed E-state index contributed by atoms with van der Waals surface area (Å²) in [6.45, 7) is -0.255. The molecule has 126 valence electrons. The average Bonchev–Trinajstić information content (AvgIpc) is 3.05. The van der Waals surface area contributed by atoms with Gasteiger partial charge in [0.15, 0.2) is 0 Å². The van der Waals surface area contributed by atoms with Gasteiger partial charge in [0, 0.05) is 18.7 Å². The number of nitrogens with zero attached hydrogens (tertiary/aromatic N) is 2. The summed E-state index contributed by atoms with van der Waals surface area (Å²) < 4.78 is 13.0. The molecule has 0 aliphatic carbocycles. The van der Waals surface area contributed by atoms with Crippen LogP contribution in [0.2, 0.25) is 0 Å². The Hall–Kier alpha value is -2.97. The molecule has 9 heteroatoms. The van der Waals surface area contributed by atoms with Gasteiger partial charge in [-0.25, -0.2) is 9.18 Å². The van der Waals surface area contributed by atoms with Gasteiger partial charge in [-0.2, -0.15) is 0 Å². The van der Waals surface area contributed by atoms with Crippen LogP contribution in [0.15, 0.2) is 24.3 Å². The summed E-state index contributed by atoms with van der Waals surface area (Å²) in [4.78, 5) is 49.1. The molecule has 2 N–H and O–H groups in total. The maximum Gasteiger partial charge on any atom is 0.325 e. The molecule has 0 unspecified atom stereocenters. The highest BCUT2D eigenvalue weighted by Gasteiger charge is 2.34. The van der Waals surface area contributed by atoms with Crippen LogP contribution in [0.25, 0.3) is 0 Å². The molecule has 0 spiro atoms. The van der Waals surface area contributed by atoms with E-state index in [1.807, 2.05) is 0 Å². The molecule has 1 atom stereocenters. The van der Waals surface area contributed by atoms with Gasteiger partial charge in [0.1, 0.15) is 12.4 Å². The molecule has 2 fully saturated rings. The van der Waals surface area contributed by atoms with Crippen molar-refractivity contribution in [2.75, 3.05) is 24.5 Å². The minimum absolute atomic E-state index is 0.100. The van der Waals surface area contributed by atoms with Crippen LogP contribution in [0, 0.1) is 5.82 Å². The first-order valence-electron chi connectivity index (χ1n) is 7.37. The fraction of sp³-hybridized carbons (Fsp3) is 0.333. The van der Waals surface area contributed by atoms with Gasteiger partial charge in [-0.1, -0.05) is 0 Å². The standard InChI is InChI=1S/C15H15FN4O4/c16-9-1-3-11(4-2-9)19-7-10(5-13(19)22)18-12(21)8-20-14(23)6-17-15(20)24/h1-4,10H,5-8H2,(H,17,24)(H,18,21)/t10-/m1/s1. The van der Waals surface area contributed by atoms with E-state index in [1.54, 1.807) is 0 Å². The smallest absolute Gasteiger partial charge is 0.325 e. The van der Waals surface area contributed by atoms with Gasteiger partial charge in [-0.3, -0.25) is 19.3 Å². The summed E-state index contributed by atoms with van der Waals surface area (Å²) in [6.07, 6.45) is 0.100. The Morgan fingerprint density at radius 2 is 1.92 bits per heavy atom. The monoisotopic (exact) mass is 334 g/mol. The summed E-state index contributed by atoms with van der Waals surface area (Å²) in [7, 11) is 0. The minimum atomic E-state index is -0.606. The number of hydrogen-bond donors (Lipinski definition) is 2. The molecule has 0 bridgehead atoms. The molecule has 3 rings (SSSR count). The highest BCUT2D eigenvalue weighted by molar-refractivity contribution is 6.04. The number of nitrogens with one attached hydrogen (secondary N) is 2. The first-order valence-corrected chi connectivity index (χ1v) is 7.37. The molecular formula is C15H15FN4O4. The van der Waals surface area contributed by atoms with Crippen molar-refractivity contribution < 1.29 is 23.6 Å². The van der Waals surface area contributed by atoms with Crippen LogP contribution in [0.5, 0.6) is 0 Å². The van der Waals surface area contributed by atoms with E-state index < -0.39 is 29.7 Å². The van der Waals surface area contributed by atoms with E-state index >= 15 is 0 Å². The number of hydrogen-bond acceptors (Lipinski definition) is 4. The molecule has 2 aliphatic heterocycles. The van der Waals surface area contributed by atoms with Crippen LogP contribution in [0.4, 0.5) is 14.9 Å². The number of urea groups is 1. The third kappa shape index (κ3) is 3.19. The fourth-order valence-corrected chi connectivity index (χ4v) is 2.71. The van der Waals surface area contributed by atoms with E-state index in [-0.39, 0.29) is 32.0 Å². The van der Waals surface area contributed by atoms with Gasteiger partial charge >= 0.3 is 6.03 Å². The fourth-order valence-electron chi connectivity index (χ4n) is 2.71. The van der Waals surface area contributed by atoms with Crippen molar-refractivity contribution in [1.82, 2.24) is 15.5 Å². The van der Waals surface area contributed by atoms with Gasteiger partial charge < -0.3 is 15.5 Å². The maximum atomic E-state index is 13.0. The molecule has 1 aromatic rings. The molecule has 1 aromatic carbocycles. The van der Waals surface area contributed by atoms with E-state index in [0.717, 1.165) is 4.90 Å². The number of imide groups is 1. The van der Waals surface area contributed by atoms with Crippen molar-refractivity contribution in [1.29, 1.82) is 0 Å². The van der Waals surface area contributed by atoms with Crippen LogP contribution in [-0.4, -0.2) is 54.3 Å². The maximum absolute atomic E-state index is 13.0. The molecule has 0 aromatic heterocycles. The number of carbonyl (C=O) groups excluding carboxylic acids is 4. The van der Waals surface area contributed by atoms with Crippen LogP contribution < -0.4 is 15.5 Å². The Morgan fingerprint density at radius 3 is 2.54 bits per heavy atom. The summed E-state index contributed by atoms with van der Waals surface area (Å²) in [5, 5.41) is 4.96. The molecule has 5 amide bonds. The average molecular weight is 334 g/mol. The van der Waals surface area contributed by atoms with Crippen molar-refractivity contribution in [3.8, 4) is 0 Å². The largest absolute Gasteiger partial charge is 0.349 e. The Balaban J connectivity index is 1.58. The molecule has 8 nitrogen and oxygen atoms in total. The molecule has 2 aliphatic rings. The summed E-state index contributed by atoms with van der Waals surface area (Å²) in [5.41, 5.74) is 0.548. The molecule has 2 heterocycles. The lowest BCUT2D eigenvalue weighted by Crippen LogP contribution is -2.45. The number of halogens is 1. The minimum Gasteiger partial charge on any atom is -0.349 e. The Kier molecular flexibility index (Phi) is 4.15. The van der Waals surface area contributed by atoms with Crippen LogP contribution in [0.1, 0.15) is 6.42 Å². The van der Waals surface area contributed by atoms with Crippen LogP contribution >= 0.6 is 0 Å². The van der Waals surface area contributed by atoms with Gasteiger partial charge in [-0.05, 0) is 24.3 Å². The Bertz CT molecular complexity index is 690. The number of benzene rings is 1. The highest BCUT2D eigenvalue weighted by atomic mass is 19.1. The van der Waals surface area contributed by atoms with E-state index in [1.165, 1.54) is 29.2 Å². The Morgan fingerprint density at radius 1 is 1.21 bits per heavy atom. The molecule has 24 heavy (non-hydrogen) atoms. The highest BCUT2D eigenvalue weighted by Crippen LogP contribution is 2.21. The van der Waals surface area contributed by atoms with Gasteiger partial charge in [-0.15, -0.1) is 0 Å². The normalized spacial score (nSPS) is 20.5. The zero-order chi connectivity index (χ0) is 17.3. The predicted octanol–water partition coefficient (Wildman–Crippen LogP) is -0.401. The molecular weight excluding hydrogens is 319 g/mol. The first-order chi connectivity index (χ1) is 11.4. The number of amides is 5. The zero-order valence-corrected chi connectivity index (χ0v) is 12.6. The topological polar surface area (TPSA) is 98.8 Å². The van der Waals surface area contributed by atoms with E-state index in [9.17, 15) is 23.6 Å². The van der Waals surface area contributed by atoms with Crippen molar-refractivity contribution in [3.63, 3.8) is 0 Å². The lowest BCUT2D eigenvalue weighted by Gasteiger charge is -2.18. The second-order valence-electron chi connectivity index (χ2n) is 5.59. The van der Waals surface area contributed by atoms with Gasteiger partial charge in [0.05, 0.1) is 12.6 Å². The number of rotatable bonds is 4. The second-order valence-corrected chi connectivity index (χ2v) is 5.59. The third-order valence-electron chi connectivity index (χ3n) is 3.87. The van der Waals surface area contributed by atoms with Crippen LogP contribution in [0.3, 0.4) is 0 Å². The Labute approximate surface area is 136 Å².